The molecule has 3 N–H and O–H groups in total. The summed E-state index contributed by atoms with van der Waals surface area (Å²) in [7, 11) is 0. The van der Waals surface area contributed by atoms with Crippen molar-refractivity contribution in [3.8, 4) is 0 Å². The molecule has 1 fully saturated rings. The molecular formula is C18H18N4O4. The second-order valence-electron chi connectivity index (χ2n) is 6.29. The largest absolute Gasteiger partial charge is 0.478 e. The summed E-state index contributed by atoms with van der Waals surface area (Å²) < 4.78 is 0. The lowest BCUT2D eigenvalue weighted by molar-refractivity contribution is -0.124. The SMILES string of the molecule is C[C@@H](NC(=O)C1(NC(=O)c2cncnc2)CC1)c1ccc(C(=O)O)cc1. The molecule has 1 aromatic carbocycles. The number of benzene rings is 1. The fraction of sp³-hybridized carbons (Fsp3) is 0.278. The maximum absolute atomic E-state index is 12.6. The summed E-state index contributed by atoms with van der Waals surface area (Å²) in [5.41, 5.74) is 0.344. The van der Waals surface area contributed by atoms with Crippen molar-refractivity contribution >= 4 is 17.8 Å². The van der Waals surface area contributed by atoms with Gasteiger partial charge < -0.3 is 15.7 Å². The normalized spacial score (nSPS) is 15.6. The van der Waals surface area contributed by atoms with Gasteiger partial charge in [0, 0.05) is 12.4 Å². The third-order valence-electron chi connectivity index (χ3n) is 4.37. The molecule has 1 aliphatic carbocycles. The van der Waals surface area contributed by atoms with Crippen molar-refractivity contribution in [2.45, 2.75) is 31.3 Å². The molecule has 0 bridgehead atoms. The van der Waals surface area contributed by atoms with Crippen LogP contribution in [0, 0.1) is 0 Å². The number of amides is 2. The Kier molecular flexibility index (Phi) is 4.66. The maximum atomic E-state index is 12.6. The van der Waals surface area contributed by atoms with Crippen LogP contribution in [0.4, 0.5) is 0 Å². The Labute approximate surface area is 149 Å². The van der Waals surface area contributed by atoms with Gasteiger partial charge >= 0.3 is 5.97 Å². The van der Waals surface area contributed by atoms with E-state index in [1.54, 1.807) is 19.1 Å². The van der Waals surface area contributed by atoms with E-state index in [2.05, 4.69) is 20.6 Å². The van der Waals surface area contributed by atoms with Gasteiger partial charge in [0.1, 0.15) is 11.9 Å². The molecular weight excluding hydrogens is 336 g/mol. The van der Waals surface area contributed by atoms with Crippen molar-refractivity contribution in [1.29, 1.82) is 0 Å². The Hall–Kier alpha value is -3.29. The van der Waals surface area contributed by atoms with Gasteiger partial charge in [-0.3, -0.25) is 9.59 Å². The standard InChI is InChI=1S/C18H18N4O4/c1-11(12-2-4-13(5-3-12)16(24)25)21-17(26)18(6-7-18)22-15(23)14-8-19-10-20-9-14/h2-5,8-11H,6-7H2,1H3,(H,21,26)(H,22,23)(H,24,25)/t11-/m1/s1. The molecule has 8 nitrogen and oxygen atoms in total. The predicted octanol–water partition coefficient (Wildman–Crippen LogP) is 1.31. The summed E-state index contributed by atoms with van der Waals surface area (Å²) in [4.78, 5) is 43.3. The molecule has 0 radical (unpaired) electrons. The first kappa shape index (κ1) is 17.5. The molecule has 0 saturated heterocycles. The van der Waals surface area contributed by atoms with E-state index in [9.17, 15) is 14.4 Å². The van der Waals surface area contributed by atoms with E-state index >= 15 is 0 Å². The number of aromatic carboxylic acids is 1. The van der Waals surface area contributed by atoms with Gasteiger partial charge in [-0.15, -0.1) is 0 Å². The highest BCUT2D eigenvalue weighted by Crippen LogP contribution is 2.36. The van der Waals surface area contributed by atoms with Crippen LogP contribution in [0.25, 0.3) is 0 Å². The van der Waals surface area contributed by atoms with Gasteiger partial charge in [0.2, 0.25) is 5.91 Å². The first-order valence-corrected chi connectivity index (χ1v) is 8.13. The molecule has 1 atom stereocenters. The number of carboxylic acid groups (broad SMARTS) is 1. The fourth-order valence-corrected chi connectivity index (χ4v) is 2.57. The third-order valence-corrected chi connectivity index (χ3v) is 4.37. The van der Waals surface area contributed by atoms with Crippen molar-refractivity contribution in [3.63, 3.8) is 0 Å². The highest BCUT2D eigenvalue weighted by molar-refractivity contribution is 6.00. The number of carboxylic acids is 1. The van der Waals surface area contributed by atoms with Crippen LogP contribution in [-0.4, -0.2) is 38.4 Å². The second-order valence-corrected chi connectivity index (χ2v) is 6.29. The molecule has 0 spiro atoms. The van der Waals surface area contributed by atoms with Gasteiger partial charge in [-0.1, -0.05) is 12.1 Å². The molecule has 0 unspecified atom stereocenters. The van der Waals surface area contributed by atoms with Crippen molar-refractivity contribution < 1.29 is 19.5 Å². The van der Waals surface area contributed by atoms with Gasteiger partial charge in [-0.25, -0.2) is 14.8 Å². The summed E-state index contributed by atoms with van der Waals surface area (Å²) >= 11 is 0. The van der Waals surface area contributed by atoms with Crippen LogP contribution in [-0.2, 0) is 4.79 Å². The Balaban J connectivity index is 1.63. The molecule has 26 heavy (non-hydrogen) atoms. The molecule has 1 heterocycles. The summed E-state index contributed by atoms with van der Waals surface area (Å²) in [5, 5.41) is 14.6. The van der Waals surface area contributed by atoms with E-state index in [4.69, 9.17) is 5.11 Å². The molecule has 8 heteroatoms. The third kappa shape index (κ3) is 3.69. The van der Waals surface area contributed by atoms with Gasteiger partial charge in [-0.05, 0) is 37.5 Å². The Morgan fingerprint density at radius 1 is 1.08 bits per heavy atom. The van der Waals surface area contributed by atoms with Crippen molar-refractivity contribution in [3.05, 3.63) is 59.7 Å². The molecule has 1 aromatic heterocycles. The minimum atomic E-state index is -1.00. The monoisotopic (exact) mass is 354 g/mol. The van der Waals surface area contributed by atoms with E-state index in [0.717, 1.165) is 5.56 Å². The lowest BCUT2D eigenvalue weighted by Crippen LogP contribution is -2.49. The topological polar surface area (TPSA) is 121 Å². The first-order valence-electron chi connectivity index (χ1n) is 8.13. The molecule has 3 rings (SSSR count). The smallest absolute Gasteiger partial charge is 0.335 e. The van der Waals surface area contributed by atoms with E-state index in [0.29, 0.717) is 18.4 Å². The predicted molar refractivity (Wildman–Crippen MR) is 91.4 cm³/mol. The average Bonchev–Trinajstić information content (AvgIpc) is 3.43. The summed E-state index contributed by atoms with van der Waals surface area (Å²) in [6.45, 7) is 1.80. The van der Waals surface area contributed by atoms with Crippen LogP contribution in [0.3, 0.4) is 0 Å². The number of carbonyl (C=O) groups is 3. The molecule has 134 valence electrons. The van der Waals surface area contributed by atoms with E-state index in [1.807, 2.05) is 0 Å². The van der Waals surface area contributed by atoms with Crippen LogP contribution in [0.2, 0.25) is 0 Å². The Morgan fingerprint density at radius 3 is 2.23 bits per heavy atom. The first-order chi connectivity index (χ1) is 12.4. The number of carbonyl (C=O) groups excluding carboxylic acids is 2. The van der Waals surface area contributed by atoms with Crippen LogP contribution >= 0.6 is 0 Å². The van der Waals surface area contributed by atoms with Gasteiger partial charge in [0.15, 0.2) is 0 Å². The van der Waals surface area contributed by atoms with Crippen LogP contribution in [0.15, 0.2) is 43.0 Å². The highest BCUT2D eigenvalue weighted by Gasteiger charge is 2.51. The maximum Gasteiger partial charge on any atom is 0.335 e. The van der Waals surface area contributed by atoms with Crippen LogP contribution in [0.1, 0.15) is 52.1 Å². The zero-order valence-electron chi connectivity index (χ0n) is 14.1. The summed E-state index contributed by atoms with van der Waals surface area (Å²) in [5.74, 6) is -1.66. The lowest BCUT2D eigenvalue weighted by Gasteiger charge is -2.21. The van der Waals surface area contributed by atoms with Crippen molar-refractivity contribution in [2.75, 3.05) is 0 Å². The molecule has 0 aliphatic heterocycles. The quantitative estimate of drug-likeness (QED) is 0.719. The minimum Gasteiger partial charge on any atom is -0.478 e. The number of rotatable bonds is 6. The van der Waals surface area contributed by atoms with Crippen LogP contribution < -0.4 is 10.6 Å². The van der Waals surface area contributed by atoms with Crippen LogP contribution in [0.5, 0.6) is 0 Å². The fourth-order valence-electron chi connectivity index (χ4n) is 2.57. The zero-order chi connectivity index (χ0) is 18.7. The zero-order valence-corrected chi connectivity index (χ0v) is 14.1. The van der Waals surface area contributed by atoms with E-state index < -0.39 is 17.4 Å². The van der Waals surface area contributed by atoms with Gasteiger partial charge in [-0.2, -0.15) is 0 Å². The van der Waals surface area contributed by atoms with E-state index in [-0.39, 0.29) is 17.5 Å². The molecule has 2 amide bonds. The van der Waals surface area contributed by atoms with E-state index in [1.165, 1.54) is 30.9 Å². The minimum absolute atomic E-state index is 0.184. The van der Waals surface area contributed by atoms with Gasteiger partial charge in [0.05, 0.1) is 17.2 Å². The lowest BCUT2D eigenvalue weighted by atomic mass is 10.1. The molecule has 2 aromatic rings. The number of nitrogens with zero attached hydrogens (tertiary/aromatic N) is 2. The highest BCUT2D eigenvalue weighted by atomic mass is 16.4. The Morgan fingerprint density at radius 2 is 1.69 bits per heavy atom. The summed E-state index contributed by atoms with van der Waals surface area (Å²) in [6.07, 6.45) is 5.23. The number of aromatic nitrogens is 2. The second kappa shape index (κ2) is 6.91. The number of hydrogen-bond acceptors (Lipinski definition) is 5. The number of hydrogen-bond donors (Lipinski definition) is 3. The van der Waals surface area contributed by atoms with Gasteiger partial charge in [0.25, 0.3) is 5.91 Å². The average molecular weight is 354 g/mol. The molecule has 1 aliphatic rings. The van der Waals surface area contributed by atoms with Crippen molar-refractivity contribution in [1.82, 2.24) is 20.6 Å². The Bertz CT molecular complexity index is 832. The number of nitrogens with one attached hydrogen (secondary N) is 2. The summed E-state index contributed by atoms with van der Waals surface area (Å²) in [6, 6.07) is 5.98. The molecule has 1 saturated carbocycles. The van der Waals surface area contributed by atoms with Crippen molar-refractivity contribution in [2.24, 2.45) is 0 Å².